The minimum Gasteiger partial charge on any atom is -0.312 e. The molecule has 0 amide bonds. The van der Waals surface area contributed by atoms with Crippen LogP contribution in [0.2, 0.25) is 0 Å². The van der Waals surface area contributed by atoms with E-state index in [1.165, 1.54) is 6.07 Å². The fourth-order valence-electron chi connectivity index (χ4n) is 2.92. The van der Waals surface area contributed by atoms with Crippen molar-refractivity contribution >= 4 is 15.9 Å². The van der Waals surface area contributed by atoms with Gasteiger partial charge >= 0.3 is 0 Å². The Balaban J connectivity index is 1.87. The van der Waals surface area contributed by atoms with Crippen LogP contribution in [0.1, 0.15) is 33.3 Å². The highest BCUT2D eigenvalue weighted by atomic mass is 79.9. The van der Waals surface area contributed by atoms with E-state index in [2.05, 4.69) is 48.9 Å². The SMILES string of the molecule is CC1(C)C(CNCc2cc(F)cc(Br)c2)C1(C)C. The van der Waals surface area contributed by atoms with Gasteiger partial charge < -0.3 is 5.32 Å². The van der Waals surface area contributed by atoms with Crippen molar-refractivity contribution in [3.63, 3.8) is 0 Å². The zero-order valence-electron chi connectivity index (χ0n) is 11.5. The first kappa shape index (κ1) is 14.0. The summed E-state index contributed by atoms with van der Waals surface area (Å²) in [7, 11) is 0. The smallest absolute Gasteiger partial charge is 0.124 e. The van der Waals surface area contributed by atoms with Gasteiger partial charge in [-0.2, -0.15) is 0 Å². The van der Waals surface area contributed by atoms with Gasteiger partial charge in [-0.05, 0) is 47.1 Å². The second kappa shape index (κ2) is 4.61. The van der Waals surface area contributed by atoms with Gasteiger partial charge in [0.2, 0.25) is 0 Å². The molecule has 0 unspecified atom stereocenters. The average molecular weight is 314 g/mol. The number of hydrogen-bond donors (Lipinski definition) is 1. The number of benzene rings is 1. The minimum absolute atomic E-state index is 0.187. The van der Waals surface area contributed by atoms with Gasteiger partial charge in [-0.1, -0.05) is 43.6 Å². The molecular formula is C15H21BrFN. The molecule has 0 radical (unpaired) electrons. The van der Waals surface area contributed by atoms with Crippen LogP contribution >= 0.6 is 15.9 Å². The van der Waals surface area contributed by atoms with E-state index in [-0.39, 0.29) is 5.82 Å². The summed E-state index contributed by atoms with van der Waals surface area (Å²) in [5, 5.41) is 3.44. The van der Waals surface area contributed by atoms with Gasteiger partial charge in [0, 0.05) is 11.0 Å². The van der Waals surface area contributed by atoms with Crippen molar-refractivity contribution in [1.29, 1.82) is 0 Å². The Morgan fingerprint density at radius 1 is 1.17 bits per heavy atom. The average Bonchev–Trinajstić information content (AvgIpc) is 2.59. The van der Waals surface area contributed by atoms with Crippen LogP contribution in [0.25, 0.3) is 0 Å². The molecule has 0 heterocycles. The molecule has 1 saturated carbocycles. The van der Waals surface area contributed by atoms with E-state index in [0.717, 1.165) is 23.1 Å². The van der Waals surface area contributed by atoms with Crippen LogP contribution in [0, 0.1) is 22.6 Å². The molecule has 0 spiro atoms. The molecule has 1 aliphatic rings. The van der Waals surface area contributed by atoms with Crippen LogP contribution in [0.5, 0.6) is 0 Å². The second-order valence-electron chi connectivity index (χ2n) is 6.40. The monoisotopic (exact) mass is 313 g/mol. The van der Waals surface area contributed by atoms with Gasteiger partial charge in [0.15, 0.2) is 0 Å². The first-order valence-corrected chi connectivity index (χ1v) is 7.20. The summed E-state index contributed by atoms with van der Waals surface area (Å²) in [6.07, 6.45) is 0. The Morgan fingerprint density at radius 2 is 1.78 bits per heavy atom. The molecule has 0 aliphatic heterocycles. The first-order chi connectivity index (χ1) is 8.25. The molecule has 1 aromatic rings. The molecule has 1 nitrogen and oxygen atoms in total. The van der Waals surface area contributed by atoms with Crippen LogP contribution in [0.15, 0.2) is 22.7 Å². The van der Waals surface area contributed by atoms with Crippen molar-refractivity contribution in [1.82, 2.24) is 5.32 Å². The Bertz CT molecular complexity index is 420. The Labute approximate surface area is 117 Å². The molecule has 0 bridgehead atoms. The van der Waals surface area contributed by atoms with Gasteiger partial charge in [-0.3, -0.25) is 0 Å². The molecule has 1 fully saturated rings. The van der Waals surface area contributed by atoms with E-state index in [4.69, 9.17) is 0 Å². The third kappa shape index (κ3) is 2.48. The van der Waals surface area contributed by atoms with Crippen LogP contribution in [0.4, 0.5) is 4.39 Å². The topological polar surface area (TPSA) is 12.0 Å². The number of rotatable bonds is 4. The van der Waals surface area contributed by atoms with E-state index in [0.29, 0.717) is 16.7 Å². The summed E-state index contributed by atoms with van der Waals surface area (Å²) in [6, 6.07) is 5.02. The maximum atomic E-state index is 13.2. The predicted molar refractivity (Wildman–Crippen MR) is 76.9 cm³/mol. The van der Waals surface area contributed by atoms with Crippen molar-refractivity contribution < 1.29 is 4.39 Å². The maximum absolute atomic E-state index is 13.2. The summed E-state index contributed by atoms with van der Waals surface area (Å²) >= 11 is 3.31. The number of hydrogen-bond acceptors (Lipinski definition) is 1. The Hall–Kier alpha value is -0.410. The molecule has 0 aromatic heterocycles. The zero-order chi connectivity index (χ0) is 13.6. The molecule has 0 saturated heterocycles. The highest BCUT2D eigenvalue weighted by Gasteiger charge is 2.63. The minimum atomic E-state index is -0.187. The predicted octanol–water partition coefficient (Wildman–Crippen LogP) is 4.36. The van der Waals surface area contributed by atoms with Crippen molar-refractivity contribution in [2.45, 2.75) is 34.2 Å². The lowest BCUT2D eigenvalue weighted by Gasteiger charge is -2.07. The standard InChI is InChI=1S/C15H21BrFN/c1-14(2)13(15(14,3)4)9-18-8-10-5-11(16)7-12(17)6-10/h5-7,13,18H,8-9H2,1-4H3. The van der Waals surface area contributed by atoms with Crippen molar-refractivity contribution in [2.24, 2.45) is 16.7 Å². The molecule has 100 valence electrons. The lowest BCUT2D eigenvalue weighted by molar-refractivity contribution is 0.457. The highest BCUT2D eigenvalue weighted by Crippen LogP contribution is 2.67. The normalized spacial score (nSPS) is 21.0. The van der Waals surface area contributed by atoms with Crippen molar-refractivity contribution in [3.05, 3.63) is 34.1 Å². The zero-order valence-corrected chi connectivity index (χ0v) is 13.1. The van der Waals surface area contributed by atoms with Crippen LogP contribution in [-0.2, 0) is 6.54 Å². The van der Waals surface area contributed by atoms with E-state index >= 15 is 0 Å². The Morgan fingerprint density at radius 3 is 2.28 bits per heavy atom. The summed E-state index contributed by atoms with van der Waals surface area (Å²) in [4.78, 5) is 0. The summed E-state index contributed by atoms with van der Waals surface area (Å²) in [5.74, 6) is 0.509. The van der Waals surface area contributed by atoms with Gasteiger partial charge in [0.05, 0.1) is 0 Å². The lowest BCUT2D eigenvalue weighted by atomic mass is 10.0. The molecule has 1 aromatic carbocycles. The summed E-state index contributed by atoms with van der Waals surface area (Å²) in [6.45, 7) is 11.0. The Kier molecular flexibility index (Phi) is 3.58. The molecule has 0 atom stereocenters. The van der Waals surface area contributed by atoms with Crippen LogP contribution in [-0.4, -0.2) is 6.54 Å². The van der Waals surface area contributed by atoms with Crippen molar-refractivity contribution in [3.8, 4) is 0 Å². The summed E-state index contributed by atoms with van der Waals surface area (Å²) < 4.78 is 14.0. The fraction of sp³-hybridized carbons (Fsp3) is 0.600. The third-order valence-electron chi connectivity index (χ3n) is 4.92. The largest absolute Gasteiger partial charge is 0.312 e. The number of nitrogens with one attached hydrogen (secondary N) is 1. The van der Waals surface area contributed by atoms with Gasteiger partial charge in [0.1, 0.15) is 5.82 Å². The second-order valence-corrected chi connectivity index (χ2v) is 7.32. The van der Waals surface area contributed by atoms with E-state index in [1.807, 2.05) is 6.07 Å². The maximum Gasteiger partial charge on any atom is 0.124 e. The van der Waals surface area contributed by atoms with E-state index in [1.54, 1.807) is 6.07 Å². The molecule has 1 N–H and O–H groups in total. The lowest BCUT2D eigenvalue weighted by Crippen LogP contribution is -2.18. The van der Waals surface area contributed by atoms with E-state index in [9.17, 15) is 4.39 Å². The molecule has 3 heteroatoms. The van der Waals surface area contributed by atoms with Crippen LogP contribution < -0.4 is 5.32 Å². The van der Waals surface area contributed by atoms with Gasteiger partial charge in [-0.25, -0.2) is 4.39 Å². The molecule has 2 rings (SSSR count). The van der Waals surface area contributed by atoms with Gasteiger partial charge in [0.25, 0.3) is 0 Å². The fourth-order valence-corrected chi connectivity index (χ4v) is 3.43. The highest BCUT2D eigenvalue weighted by molar-refractivity contribution is 9.10. The quantitative estimate of drug-likeness (QED) is 0.871. The molecule has 18 heavy (non-hydrogen) atoms. The summed E-state index contributed by atoms with van der Waals surface area (Å²) in [5.41, 5.74) is 1.79. The van der Waals surface area contributed by atoms with E-state index < -0.39 is 0 Å². The molecule has 1 aliphatic carbocycles. The first-order valence-electron chi connectivity index (χ1n) is 6.41. The van der Waals surface area contributed by atoms with Crippen LogP contribution in [0.3, 0.4) is 0 Å². The number of halogens is 2. The van der Waals surface area contributed by atoms with Gasteiger partial charge in [-0.15, -0.1) is 0 Å². The van der Waals surface area contributed by atoms with Crippen molar-refractivity contribution in [2.75, 3.05) is 6.54 Å². The third-order valence-corrected chi connectivity index (χ3v) is 5.38. The molecular weight excluding hydrogens is 293 g/mol.